The van der Waals surface area contributed by atoms with E-state index in [9.17, 15) is 4.79 Å². The van der Waals surface area contributed by atoms with Gasteiger partial charge in [-0.15, -0.1) is 5.10 Å². The second-order valence-electron chi connectivity index (χ2n) is 6.33. The van der Waals surface area contributed by atoms with Crippen molar-refractivity contribution in [1.82, 2.24) is 19.6 Å². The lowest BCUT2D eigenvalue weighted by Crippen LogP contribution is -2.16. The van der Waals surface area contributed by atoms with Crippen molar-refractivity contribution in [3.05, 3.63) is 78.8 Å². The highest BCUT2D eigenvalue weighted by atomic mass is 16.3. The van der Waals surface area contributed by atoms with E-state index in [1.165, 1.54) is 0 Å². The maximum Gasteiger partial charge on any atom is 0.231 e. The predicted octanol–water partition coefficient (Wildman–Crippen LogP) is 3.72. The van der Waals surface area contributed by atoms with E-state index in [0.29, 0.717) is 28.6 Å². The molecular weight excluding hydrogens is 354 g/mol. The molecule has 28 heavy (non-hydrogen) atoms. The summed E-state index contributed by atoms with van der Waals surface area (Å²) in [6, 6.07) is 18.7. The number of para-hydroxylation sites is 1. The highest BCUT2D eigenvalue weighted by Crippen LogP contribution is 2.28. The number of nitrogens with zero attached hydrogens (tertiary/aromatic N) is 4. The van der Waals surface area contributed by atoms with Crippen LogP contribution in [0.15, 0.2) is 77.5 Å². The van der Waals surface area contributed by atoms with Crippen LogP contribution in [0.3, 0.4) is 0 Å². The van der Waals surface area contributed by atoms with Crippen molar-refractivity contribution in [2.24, 2.45) is 0 Å². The van der Waals surface area contributed by atoms with E-state index in [0.717, 1.165) is 11.0 Å². The first-order valence-electron chi connectivity index (χ1n) is 8.80. The molecule has 0 saturated heterocycles. The average molecular weight is 369 g/mol. The van der Waals surface area contributed by atoms with Crippen LogP contribution in [0, 0.1) is 0 Å². The van der Waals surface area contributed by atoms with E-state index < -0.39 is 0 Å². The number of rotatable bonds is 4. The Labute approximate surface area is 159 Å². The minimum atomic E-state index is -0.184. The van der Waals surface area contributed by atoms with Gasteiger partial charge < -0.3 is 9.73 Å². The van der Waals surface area contributed by atoms with Crippen molar-refractivity contribution in [2.75, 3.05) is 5.32 Å². The van der Waals surface area contributed by atoms with Gasteiger partial charge >= 0.3 is 0 Å². The first kappa shape index (κ1) is 16.2. The number of furan rings is 1. The van der Waals surface area contributed by atoms with Crippen LogP contribution < -0.4 is 5.32 Å². The number of aromatic nitrogens is 4. The van der Waals surface area contributed by atoms with Gasteiger partial charge in [-0.3, -0.25) is 9.78 Å². The van der Waals surface area contributed by atoms with Gasteiger partial charge in [-0.25, -0.2) is 9.50 Å². The number of anilines is 1. The standard InChI is InChI=1S/C21H15N5O2/c27-21(12-15-6-3-4-10-22-15)24-19-8-9-20-23-13-16(26(20)25-19)18-11-14-5-1-2-7-17(14)28-18/h1-11,13H,12H2,(H,24,25,27). The van der Waals surface area contributed by atoms with Crippen molar-refractivity contribution in [1.29, 1.82) is 0 Å². The second-order valence-corrected chi connectivity index (χ2v) is 6.33. The fraction of sp³-hybridized carbons (Fsp3) is 0.0476. The Balaban J connectivity index is 1.45. The predicted molar refractivity (Wildman–Crippen MR) is 105 cm³/mol. The summed E-state index contributed by atoms with van der Waals surface area (Å²) in [7, 11) is 0. The molecule has 5 rings (SSSR count). The third kappa shape index (κ3) is 2.99. The van der Waals surface area contributed by atoms with E-state index in [1.54, 1.807) is 29.0 Å². The molecule has 0 spiro atoms. The third-order valence-electron chi connectivity index (χ3n) is 4.38. The first-order chi connectivity index (χ1) is 13.8. The number of carbonyl (C=O) groups is 1. The molecule has 0 aliphatic heterocycles. The number of amides is 1. The Morgan fingerprint density at radius 1 is 1.04 bits per heavy atom. The summed E-state index contributed by atoms with van der Waals surface area (Å²) in [5.41, 5.74) is 2.88. The van der Waals surface area contributed by atoms with Crippen molar-refractivity contribution < 1.29 is 9.21 Å². The highest BCUT2D eigenvalue weighted by Gasteiger charge is 2.13. The summed E-state index contributed by atoms with van der Waals surface area (Å²) in [5, 5.41) is 8.32. The Morgan fingerprint density at radius 3 is 2.79 bits per heavy atom. The molecule has 4 heterocycles. The lowest BCUT2D eigenvalue weighted by molar-refractivity contribution is -0.115. The number of nitrogens with one attached hydrogen (secondary N) is 1. The molecule has 0 radical (unpaired) electrons. The molecule has 1 amide bonds. The minimum Gasteiger partial charge on any atom is -0.454 e. The quantitative estimate of drug-likeness (QED) is 0.522. The Bertz CT molecular complexity index is 1260. The molecule has 136 valence electrons. The number of carbonyl (C=O) groups excluding carboxylic acids is 1. The fourth-order valence-corrected chi connectivity index (χ4v) is 3.07. The van der Waals surface area contributed by atoms with E-state index in [1.807, 2.05) is 48.5 Å². The van der Waals surface area contributed by atoms with Crippen LogP contribution in [-0.2, 0) is 11.2 Å². The van der Waals surface area contributed by atoms with Gasteiger partial charge in [0.1, 0.15) is 11.3 Å². The molecule has 0 saturated carbocycles. The molecule has 0 unspecified atom stereocenters. The smallest absolute Gasteiger partial charge is 0.231 e. The number of benzene rings is 1. The summed E-state index contributed by atoms with van der Waals surface area (Å²) in [4.78, 5) is 20.8. The lowest BCUT2D eigenvalue weighted by atomic mass is 10.2. The molecular formula is C21H15N5O2. The second kappa shape index (κ2) is 6.62. The molecule has 1 aromatic carbocycles. The van der Waals surface area contributed by atoms with Gasteiger partial charge in [0, 0.05) is 17.3 Å². The normalized spacial score (nSPS) is 11.1. The molecule has 0 fully saturated rings. The first-order valence-corrected chi connectivity index (χ1v) is 8.80. The molecule has 5 aromatic rings. The third-order valence-corrected chi connectivity index (χ3v) is 4.38. The van der Waals surface area contributed by atoms with E-state index in [4.69, 9.17) is 4.42 Å². The van der Waals surface area contributed by atoms with Gasteiger partial charge in [0.2, 0.25) is 5.91 Å². The number of pyridine rings is 1. The molecule has 1 N–H and O–H groups in total. The maximum absolute atomic E-state index is 12.3. The summed E-state index contributed by atoms with van der Waals surface area (Å²) in [6.45, 7) is 0. The molecule has 0 aliphatic rings. The molecule has 7 nitrogen and oxygen atoms in total. The number of hydrogen-bond donors (Lipinski definition) is 1. The minimum absolute atomic E-state index is 0.181. The van der Waals surface area contributed by atoms with Gasteiger partial charge in [-0.1, -0.05) is 24.3 Å². The van der Waals surface area contributed by atoms with Crippen molar-refractivity contribution in [3.63, 3.8) is 0 Å². The Hall–Kier alpha value is -4.00. The van der Waals surface area contributed by atoms with Crippen molar-refractivity contribution in [3.8, 4) is 11.5 Å². The lowest BCUT2D eigenvalue weighted by Gasteiger charge is -2.05. The van der Waals surface area contributed by atoms with Gasteiger partial charge in [0.15, 0.2) is 17.2 Å². The monoisotopic (exact) mass is 369 g/mol. The van der Waals surface area contributed by atoms with Crippen LogP contribution >= 0.6 is 0 Å². The molecule has 0 aliphatic carbocycles. The number of imidazole rings is 1. The average Bonchev–Trinajstić information content (AvgIpc) is 3.32. The van der Waals surface area contributed by atoms with Gasteiger partial charge in [-0.2, -0.15) is 0 Å². The van der Waals surface area contributed by atoms with Crippen molar-refractivity contribution >= 4 is 28.3 Å². The van der Waals surface area contributed by atoms with Gasteiger partial charge in [-0.05, 0) is 36.4 Å². The van der Waals surface area contributed by atoms with Crippen LogP contribution in [-0.4, -0.2) is 25.5 Å². The summed E-state index contributed by atoms with van der Waals surface area (Å²) in [6.07, 6.45) is 3.55. The maximum atomic E-state index is 12.3. The number of hydrogen-bond acceptors (Lipinski definition) is 5. The van der Waals surface area contributed by atoms with Crippen LogP contribution in [0.4, 0.5) is 5.82 Å². The zero-order valence-corrected chi connectivity index (χ0v) is 14.7. The van der Waals surface area contributed by atoms with Gasteiger partial charge in [0.25, 0.3) is 0 Å². The molecule has 0 bridgehead atoms. The molecule has 4 aromatic heterocycles. The van der Waals surface area contributed by atoms with E-state index >= 15 is 0 Å². The molecule has 0 atom stereocenters. The summed E-state index contributed by atoms with van der Waals surface area (Å²) in [5.74, 6) is 0.915. The van der Waals surface area contributed by atoms with Crippen LogP contribution in [0.1, 0.15) is 5.69 Å². The summed E-state index contributed by atoms with van der Waals surface area (Å²) < 4.78 is 7.58. The zero-order valence-electron chi connectivity index (χ0n) is 14.7. The van der Waals surface area contributed by atoms with E-state index in [-0.39, 0.29) is 12.3 Å². The number of fused-ring (bicyclic) bond motifs is 2. The Morgan fingerprint density at radius 2 is 1.93 bits per heavy atom. The van der Waals surface area contributed by atoms with Crippen LogP contribution in [0.25, 0.3) is 28.1 Å². The van der Waals surface area contributed by atoms with E-state index in [2.05, 4.69) is 20.4 Å². The van der Waals surface area contributed by atoms with Crippen LogP contribution in [0.5, 0.6) is 0 Å². The zero-order chi connectivity index (χ0) is 18.9. The Kier molecular flexibility index (Phi) is 3.83. The van der Waals surface area contributed by atoms with Gasteiger partial charge in [0.05, 0.1) is 12.6 Å². The van der Waals surface area contributed by atoms with Crippen molar-refractivity contribution in [2.45, 2.75) is 6.42 Å². The highest BCUT2D eigenvalue weighted by molar-refractivity contribution is 5.91. The van der Waals surface area contributed by atoms with Crippen LogP contribution in [0.2, 0.25) is 0 Å². The summed E-state index contributed by atoms with van der Waals surface area (Å²) >= 11 is 0. The largest absolute Gasteiger partial charge is 0.454 e. The SMILES string of the molecule is O=C(Cc1ccccn1)Nc1ccc2ncc(-c3cc4ccccc4o3)n2n1. The fourth-order valence-electron chi connectivity index (χ4n) is 3.07. The topological polar surface area (TPSA) is 85.3 Å². The molecule has 7 heteroatoms.